The molecule has 0 aliphatic carbocycles. The number of rotatable bonds is 1. The minimum atomic E-state index is 0. The Morgan fingerprint density at radius 1 is 1.50 bits per heavy atom. The Morgan fingerprint density at radius 2 is 2.33 bits per heavy atom. The fraction of sp³-hybridized carbons (Fsp3) is 0.143. The first-order chi connectivity index (χ1) is 5.40. The summed E-state index contributed by atoms with van der Waals surface area (Å²) in [5, 5.41) is 0. The first-order valence-electron chi connectivity index (χ1n) is 3.13. The Hall–Kier alpha value is 0.149. The molecule has 1 aromatic carbocycles. The number of methoxy groups -OCH3 is 1. The summed E-state index contributed by atoms with van der Waals surface area (Å²) < 4.78 is 10.9. The molecule has 64 valence electrons. The molecular formula is C7H6ClNOSe2. The number of nitrogens with zero attached hydrogens (tertiary/aromatic N) is 1. The maximum absolute atomic E-state index is 5.11. The van der Waals surface area contributed by atoms with E-state index < -0.39 is 0 Å². The van der Waals surface area contributed by atoms with E-state index in [4.69, 9.17) is 4.74 Å². The number of hydrogen-bond donors (Lipinski definition) is 0. The Bertz CT molecular complexity index is 376. The van der Waals surface area contributed by atoms with Crippen LogP contribution in [0.5, 0.6) is 5.75 Å². The summed E-state index contributed by atoms with van der Waals surface area (Å²) in [6.45, 7) is 0. The van der Waals surface area contributed by atoms with E-state index in [2.05, 4.69) is 10.0 Å². The molecule has 0 atom stereocenters. The van der Waals surface area contributed by atoms with Crippen LogP contribution in [0.15, 0.2) is 18.2 Å². The molecule has 2 rings (SSSR count). The second-order valence-corrected chi connectivity index (χ2v) is 7.49. The molecule has 0 N–H and O–H groups in total. The van der Waals surface area contributed by atoms with Crippen LogP contribution in [-0.4, -0.2) is 36.6 Å². The van der Waals surface area contributed by atoms with E-state index in [-0.39, 0.29) is 12.4 Å². The predicted molar refractivity (Wildman–Crippen MR) is 46.6 cm³/mol. The molecule has 0 bridgehead atoms. The molecule has 0 aliphatic rings. The third-order valence-corrected chi connectivity index (χ3v) is 6.80. The van der Waals surface area contributed by atoms with Crippen molar-refractivity contribution in [3.8, 4) is 5.75 Å². The van der Waals surface area contributed by atoms with E-state index in [9.17, 15) is 0 Å². The van der Waals surface area contributed by atoms with Crippen molar-refractivity contribution in [2.24, 2.45) is 0 Å². The van der Waals surface area contributed by atoms with Gasteiger partial charge in [-0.1, -0.05) is 0 Å². The maximum atomic E-state index is 5.11. The average Bonchev–Trinajstić information content (AvgIpc) is 2.50. The molecule has 12 heavy (non-hydrogen) atoms. The molecule has 0 spiro atoms. The largest absolute Gasteiger partial charge is 1.00 e. The molecule has 2 aromatic rings. The standard InChI is InChI=1S/C7H6NOSe2.ClH/c1-9-5-2-3-6-7(4-5)10-11-8-6;/h2-4H,1H3;1H/q+1;/p-1. The SMILES string of the molecule is COc1ccc2n[se][se+]c2c1.[Cl-]. The van der Waals surface area contributed by atoms with E-state index >= 15 is 0 Å². The van der Waals surface area contributed by atoms with Crippen molar-refractivity contribution in [2.75, 3.05) is 7.11 Å². The van der Waals surface area contributed by atoms with Crippen LogP contribution in [-0.2, 0) is 0 Å². The first kappa shape index (κ1) is 10.2. The third kappa shape index (κ3) is 1.90. The first-order valence-corrected chi connectivity index (χ1v) is 9.08. The summed E-state index contributed by atoms with van der Waals surface area (Å²) in [4.78, 5) is 0. The van der Waals surface area contributed by atoms with Gasteiger partial charge in [-0.15, -0.1) is 0 Å². The maximum Gasteiger partial charge on any atom is -1.00 e. The van der Waals surface area contributed by atoms with Crippen molar-refractivity contribution in [1.29, 1.82) is 0 Å². The number of aromatic nitrogens is 1. The van der Waals surface area contributed by atoms with Crippen LogP contribution in [0.25, 0.3) is 9.78 Å². The Kier molecular flexibility index (Phi) is 3.75. The van der Waals surface area contributed by atoms with Crippen molar-refractivity contribution < 1.29 is 17.1 Å². The number of halogens is 1. The summed E-state index contributed by atoms with van der Waals surface area (Å²) in [5.74, 6) is 0.957. The van der Waals surface area contributed by atoms with Crippen molar-refractivity contribution in [3.05, 3.63) is 18.2 Å². The number of hydrogen-bond acceptors (Lipinski definition) is 2. The van der Waals surface area contributed by atoms with Crippen LogP contribution < -0.4 is 17.1 Å². The summed E-state index contributed by atoms with van der Waals surface area (Å²) >= 11 is 1.11. The molecule has 0 radical (unpaired) electrons. The molecule has 1 heterocycles. The van der Waals surface area contributed by atoms with Gasteiger partial charge >= 0.3 is 75.0 Å². The topological polar surface area (TPSA) is 22.1 Å². The van der Waals surface area contributed by atoms with Gasteiger partial charge in [0.25, 0.3) is 0 Å². The number of benzene rings is 1. The zero-order valence-corrected chi connectivity index (χ0v) is 10.5. The van der Waals surface area contributed by atoms with E-state index in [0.29, 0.717) is 25.5 Å². The van der Waals surface area contributed by atoms with Gasteiger partial charge in [-0.3, -0.25) is 0 Å². The fourth-order valence-corrected chi connectivity index (χ4v) is 6.28. The van der Waals surface area contributed by atoms with Crippen molar-refractivity contribution in [1.82, 2.24) is 3.98 Å². The van der Waals surface area contributed by atoms with Crippen LogP contribution >= 0.6 is 0 Å². The molecule has 0 aliphatic heterocycles. The average molecular weight is 314 g/mol. The normalized spacial score (nSPS) is 9.42. The summed E-state index contributed by atoms with van der Waals surface area (Å²) in [7, 11) is 1.70. The second-order valence-electron chi connectivity index (χ2n) is 2.08. The summed E-state index contributed by atoms with van der Waals surface area (Å²) in [6.07, 6.45) is 0. The molecular weight excluding hydrogens is 307 g/mol. The quantitative estimate of drug-likeness (QED) is 0.550. The number of fused-ring (bicyclic) bond motifs is 1. The van der Waals surface area contributed by atoms with Crippen LogP contribution in [0.2, 0.25) is 0 Å². The number of ether oxygens (including phenoxy) is 1. The van der Waals surface area contributed by atoms with Gasteiger partial charge in [-0.25, -0.2) is 0 Å². The molecule has 5 heteroatoms. The smallest absolute Gasteiger partial charge is 1.00 e. The summed E-state index contributed by atoms with van der Waals surface area (Å²) in [5.41, 5.74) is 1.19. The third-order valence-electron chi connectivity index (χ3n) is 1.43. The minimum absolute atomic E-state index is 0. The van der Waals surface area contributed by atoms with E-state index in [1.807, 2.05) is 12.1 Å². The van der Waals surface area contributed by atoms with Gasteiger partial charge in [0.2, 0.25) is 0 Å². The van der Waals surface area contributed by atoms with Gasteiger partial charge in [0.05, 0.1) is 0 Å². The molecule has 0 unspecified atom stereocenters. The molecule has 0 fully saturated rings. The zero-order chi connectivity index (χ0) is 7.68. The van der Waals surface area contributed by atoms with Crippen LogP contribution in [0.4, 0.5) is 0 Å². The van der Waals surface area contributed by atoms with Crippen LogP contribution in [0.3, 0.4) is 0 Å². The van der Waals surface area contributed by atoms with E-state index in [1.165, 1.54) is 9.78 Å². The van der Waals surface area contributed by atoms with Gasteiger partial charge < -0.3 is 12.4 Å². The van der Waals surface area contributed by atoms with Crippen molar-refractivity contribution in [2.45, 2.75) is 0 Å². The van der Waals surface area contributed by atoms with Crippen molar-refractivity contribution in [3.63, 3.8) is 0 Å². The monoisotopic (exact) mass is 315 g/mol. The van der Waals surface area contributed by atoms with E-state index in [0.717, 1.165) is 5.75 Å². The second kappa shape index (κ2) is 4.40. The minimum Gasteiger partial charge on any atom is -1.00 e. The Morgan fingerprint density at radius 3 is 3.08 bits per heavy atom. The molecule has 0 saturated carbocycles. The Balaban J connectivity index is 0.000000720. The van der Waals surface area contributed by atoms with Crippen LogP contribution in [0, 0.1) is 0 Å². The summed E-state index contributed by atoms with van der Waals surface area (Å²) in [6, 6.07) is 6.12. The molecule has 2 nitrogen and oxygen atoms in total. The Labute approximate surface area is 87.2 Å². The van der Waals surface area contributed by atoms with Gasteiger partial charge in [-0.05, 0) is 0 Å². The van der Waals surface area contributed by atoms with Crippen molar-refractivity contribution >= 4 is 35.3 Å². The molecule has 0 saturated heterocycles. The van der Waals surface area contributed by atoms with Gasteiger partial charge in [0.15, 0.2) is 0 Å². The van der Waals surface area contributed by atoms with Crippen LogP contribution in [0.1, 0.15) is 0 Å². The predicted octanol–water partition coefficient (Wildman–Crippen LogP) is -2.36. The zero-order valence-electron chi connectivity index (χ0n) is 6.28. The fourth-order valence-electron chi connectivity index (χ4n) is 0.863. The molecule has 1 aromatic heterocycles. The molecule has 0 amide bonds. The van der Waals surface area contributed by atoms with Gasteiger partial charge in [0, 0.05) is 0 Å². The van der Waals surface area contributed by atoms with Gasteiger partial charge in [0.1, 0.15) is 0 Å². The van der Waals surface area contributed by atoms with E-state index in [1.54, 1.807) is 7.11 Å². The van der Waals surface area contributed by atoms with Gasteiger partial charge in [-0.2, -0.15) is 0 Å².